The average molecular weight is 499 g/mol. The predicted molar refractivity (Wildman–Crippen MR) is 115 cm³/mol. The Labute approximate surface area is 195 Å². The van der Waals surface area contributed by atoms with Gasteiger partial charge < -0.3 is 20.6 Å². The Morgan fingerprint density at radius 3 is 2.26 bits per heavy atom. The molecule has 0 bridgehead atoms. The van der Waals surface area contributed by atoms with E-state index in [4.69, 9.17) is 0 Å². The number of rotatable bonds is 5. The lowest BCUT2D eigenvalue weighted by Gasteiger charge is -2.30. The van der Waals surface area contributed by atoms with Crippen molar-refractivity contribution in [2.45, 2.75) is 31.3 Å². The number of pyridine rings is 1. The number of hydrogen-bond donors (Lipinski definition) is 3. The molecule has 1 aliphatic rings. The molecule has 35 heavy (non-hydrogen) atoms. The summed E-state index contributed by atoms with van der Waals surface area (Å²) in [5.74, 6) is -0.441. The van der Waals surface area contributed by atoms with Crippen molar-refractivity contribution in [1.82, 2.24) is 19.9 Å². The average Bonchev–Trinajstić information content (AvgIpc) is 2.78. The molecule has 0 aliphatic carbocycles. The normalized spacial score (nSPS) is 16.8. The molecule has 8 nitrogen and oxygen atoms in total. The van der Waals surface area contributed by atoms with Crippen molar-refractivity contribution in [3.63, 3.8) is 0 Å². The fraction of sp³-hybridized carbons (Fsp3) is 0.333. The van der Waals surface area contributed by atoms with Crippen LogP contribution in [0.2, 0.25) is 0 Å². The number of alkyl halides is 6. The molecule has 0 spiro atoms. The number of hydrogen-bond acceptors (Lipinski definition) is 8. The Morgan fingerprint density at radius 1 is 0.857 bits per heavy atom. The molecule has 1 aliphatic heterocycles. The van der Waals surface area contributed by atoms with E-state index in [1.807, 2.05) is 0 Å². The van der Waals surface area contributed by atoms with E-state index < -0.39 is 29.7 Å². The minimum atomic E-state index is -4.66. The monoisotopic (exact) mass is 499 g/mol. The number of aromatic nitrogens is 4. The first-order chi connectivity index (χ1) is 16.5. The summed E-state index contributed by atoms with van der Waals surface area (Å²) in [7, 11) is 0. The Kier molecular flexibility index (Phi) is 6.65. The zero-order valence-corrected chi connectivity index (χ0v) is 17.9. The second-order valence-electron chi connectivity index (χ2n) is 7.76. The fourth-order valence-corrected chi connectivity index (χ4v) is 3.43. The SMILES string of the molecule is O[C@H]1CCCN(c2nc(Nc3cccc(C(F)(F)F)c3)nc(Nc3cccc(C(F)(F)F)n3)n2)C1. The van der Waals surface area contributed by atoms with Crippen LogP contribution in [-0.2, 0) is 12.4 Å². The number of nitrogens with one attached hydrogen (secondary N) is 2. The van der Waals surface area contributed by atoms with Crippen LogP contribution in [0.4, 0.5) is 55.7 Å². The molecule has 1 aromatic carbocycles. The van der Waals surface area contributed by atoms with Gasteiger partial charge in [-0.05, 0) is 43.2 Å². The first kappa shape index (κ1) is 24.4. The van der Waals surface area contributed by atoms with Gasteiger partial charge in [-0.25, -0.2) is 4.98 Å². The molecule has 0 saturated carbocycles. The molecule has 186 valence electrons. The van der Waals surface area contributed by atoms with Crippen molar-refractivity contribution in [2.75, 3.05) is 28.6 Å². The molecule has 14 heteroatoms. The summed E-state index contributed by atoms with van der Waals surface area (Å²) in [6, 6.07) is 7.61. The number of benzene rings is 1. The van der Waals surface area contributed by atoms with Crippen LogP contribution in [0.1, 0.15) is 24.1 Å². The molecule has 1 saturated heterocycles. The maximum atomic E-state index is 13.1. The summed E-state index contributed by atoms with van der Waals surface area (Å²) in [4.78, 5) is 17.7. The molecule has 1 atom stereocenters. The molecule has 2 aromatic heterocycles. The van der Waals surface area contributed by atoms with Crippen molar-refractivity contribution in [1.29, 1.82) is 0 Å². The summed E-state index contributed by atoms with van der Waals surface area (Å²) >= 11 is 0. The molecular weight excluding hydrogens is 480 g/mol. The summed E-state index contributed by atoms with van der Waals surface area (Å²) in [6.45, 7) is 0.694. The number of nitrogens with zero attached hydrogens (tertiary/aromatic N) is 5. The van der Waals surface area contributed by atoms with Gasteiger partial charge in [-0.3, -0.25) is 0 Å². The van der Waals surface area contributed by atoms with E-state index in [9.17, 15) is 31.4 Å². The fourth-order valence-electron chi connectivity index (χ4n) is 3.43. The van der Waals surface area contributed by atoms with Crippen molar-refractivity contribution in [2.24, 2.45) is 0 Å². The zero-order chi connectivity index (χ0) is 25.2. The number of halogens is 6. The van der Waals surface area contributed by atoms with E-state index in [2.05, 4.69) is 30.6 Å². The van der Waals surface area contributed by atoms with Gasteiger partial charge in [-0.15, -0.1) is 0 Å². The van der Waals surface area contributed by atoms with Gasteiger partial charge in [0.15, 0.2) is 0 Å². The molecule has 4 rings (SSSR count). The predicted octanol–water partition coefficient (Wildman–Crippen LogP) is 4.75. The molecular formula is C21H19F6N7O. The van der Waals surface area contributed by atoms with Crippen molar-refractivity contribution >= 4 is 29.4 Å². The first-order valence-corrected chi connectivity index (χ1v) is 10.4. The molecule has 3 aromatic rings. The number of aliphatic hydroxyl groups excluding tert-OH is 1. The quantitative estimate of drug-likeness (QED) is 0.433. The molecule has 0 unspecified atom stereocenters. The summed E-state index contributed by atoms with van der Waals surface area (Å²) < 4.78 is 78.3. The highest BCUT2D eigenvalue weighted by atomic mass is 19.4. The molecule has 0 amide bonds. The van der Waals surface area contributed by atoms with Crippen LogP contribution in [0.15, 0.2) is 42.5 Å². The van der Waals surface area contributed by atoms with Crippen LogP contribution in [0.25, 0.3) is 0 Å². The van der Waals surface area contributed by atoms with Crippen LogP contribution in [0.3, 0.4) is 0 Å². The second kappa shape index (κ2) is 9.52. The summed E-state index contributed by atoms with van der Waals surface area (Å²) in [6.07, 6.45) is -8.64. The van der Waals surface area contributed by atoms with Gasteiger partial charge in [0.2, 0.25) is 17.8 Å². The van der Waals surface area contributed by atoms with E-state index in [0.29, 0.717) is 19.4 Å². The molecule has 1 fully saturated rings. The largest absolute Gasteiger partial charge is 0.433 e. The third-order valence-corrected chi connectivity index (χ3v) is 5.03. The summed E-state index contributed by atoms with van der Waals surface area (Å²) in [5.41, 5.74) is -1.97. The highest BCUT2D eigenvalue weighted by Crippen LogP contribution is 2.32. The van der Waals surface area contributed by atoms with Crippen molar-refractivity contribution < 1.29 is 31.4 Å². The van der Waals surface area contributed by atoms with Crippen LogP contribution in [0, 0.1) is 0 Å². The van der Waals surface area contributed by atoms with Gasteiger partial charge >= 0.3 is 12.4 Å². The Hall–Kier alpha value is -3.68. The van der Waals surface area contributed by atoms with Crippen LogP contribution in [0.5, 0.6) is 0 Å². The Morgan fingerprint density at radius 2 is 1.57 bits per heavy atom. The molecule has 3 heterocycles. The van der Waals surface area contributed by atoms with Gasteiger partial charge in [0.25, 0.3) is 0 Å². The van der Waals surface area contributed by atoms with E-state index in [0.717, 1.165) is 24.3 Å². The van der Waals surface area contributed by atoms with Gasteiger partial charge in [0.05, 0.1) is 11.7 Å². The lowest BCUT2D eigenvalue weighted by molar-refractivity contribution is -0.141. The van der Waals surface area contributed by atoms with E-state index in [1.54, 1.807) is 4.90 Å². The van der Waals surface area contributed by atoms with E-state index >= 15 is 0 Å². The standard InChI is InChI=1S/C21H19F6N7O/c22-20(23,24)12-4-1-5-13(10-12)28-17-31-18(30-16-8-2-7-15(29-16)21(25,26)27)33-19(32-17)34-9-3-6-14(35)11-34/h1-2,4-5,7-8,10,14,35H,3,6,9,11H2,(H2,28,29,30,31,32,33)/t14-/m0/s1. The van der Waals surface area contributed by atoms with Crippen LogP contribution in [-0.4, -0.2) is 44.2 Å². The number of piperidine rings is 1. The lowest BCUT2D eigenvalue weighted by Crippen LogP contribution is -2.39. The summed E-state index contributed by atoms with van der Waals surface area (Å²) in [5, 5.41) is 15.3. The zero-order valence-electron chi connectivity index (χ0n) is 17.9. The van der Waals surface area contributed by atoms with E-state index in [-0.39, 0.29) is 35.9 Å². The van der Waals surface area contributed by atoms with Crippen molar-refractivity contribution in [3.05, 3.63) is 53.7 Å². The minimum absolute atomic E-state index is 0.0406. The third-order valence-electron chi connectivity index (χ3n) is 5.03. The van der Waals surface area contributed by atoms with Gasteiger partial charge in [-0.2, -0.15) is 41.3 Å². The van der Waals surface area contributed by atoms with Gasteiger partial charge in [0, 0.05) is 18.8 Å². The highest BCUT2D eigenvalue weighted by molar-refractivity contribution is 5.59. The smallest absolute Gasteiger partial charge is 0.391 e. The topological polar surface area (TPSA) is 99.1 Å². The number of anilines is 5. The number of β-amino-alcohol motifs (C(OH)–C–C–N with tert-alkyl or cyclic N) is 1. The molecule has 3 N–H and O–H groups in total. The van der Waals surface area contributed by atoms with Gasteiger partial charge in [-0.1, -0.05) is 12.1 Å². The maximum absolute atomic E-state index is 13.1. The number of aliphatic hydroxyl groups is 1. The lowest BCUT2D eigenvalue weighted by atomic mass is 10.1. The van der Waals surface area contributed by atoms with Crippen molar-refractivity contribution in [3.8, 4) is 0 Å². The van der Waals surface area contributed by atoms with Crippen LogP contribution >= 0.6 is 0 Å². The minimum Gasteiger partial charge on any atom is -0.391 e. The molecule has 0 radical (unpaired) electrons. The van der Waals surface area contributed by atoms with Crippen LogP contribution < -0.4 is 15.5 Å². The highest BCUT2D eigenvalue weighted by Gasteiger charge is 2.33. The maximum Gasteiger partial charge on any atom is 0.433 e. The second-order valence-corrected chi connectivity index (χ2v) is 7.76. The first-order valence-electron chi connectivity index (χ1n) is 10.4. The van der Waals surface area contributed by atoms with Gasteiger partial charge in [0.1, 0.15) is 11.5 Å². The third kappa shape index (κ3) is 6.26. The Bertz CT molecular complexity index is 1110. The Balaban J connectivity index is 1.67. The van der Waals surface area contributed by atoms with E-state index in [1.165, 1.54) is 18.2 Å².